The molecule has 67 heavy (non-hydrogen) atoms. The van der Waals surface area contributed by atoms with E-state index in [1.54, 1.807) is 0 Å². The summed E-state index contributed by atoms with van der Waals surface area (Å²) in [6.07, 6.45) is 5.73. The van der Waals surface area contributed by atoms with Gasteiger partial charge in [-0.15, -0.1) is 0 Å². The molecule has 0 N–H and O–H groups in total. The van der Waals surface area contributed by atoms with Crippen LogP contribution >= 0.6 is 0 Å². The largest absolute Gasteiger partial charge is 0.311 e. The first-order valence-electron chi connectivity index (χ1n) is 23.5. The van der Waals surface area contributed by atoms with Crippen molar-refractivity contribution in [1.82, 2.24) is 4.57 Å². The van der Waals surface area contributed by atoms with Crippen molar-refractivity contribution in [3.05, 3.63) is 248 Å². The number of hydrogen-bond donors (Lipinski definition) is 0. The maximum absolute atomic E-state index is 2.40. The molecule has 2 nitrogen and oxygen atoms in total. The average Bonchev–Trinajstić information content (AvgIpc) is 3.73. The summed E-state index contributed by atoms with van der Waals surface area (Å²) in [5.74, 6) is 0.441. The Hall–Kier alpha value is -8.46. The van der Waals surface area contributed by atoms with Gasteiger partial charge < -0.3 is 9.47 Å². The van der Waals surface area contributed by atoms with Gasteiger partial charge in [0.1, 0.15) is 0 Å². The molecule has 316 valence electrons. The van der Waals surface area contributed by atoms with Crippen molar-refractivity contribution in [3.63, 3.8) is 0 Å². The number of rotatable bonds is 7. The quantitative estimate of drug-likeness (QED) is 0.145. The van der Waals surface area contributed by atoms with Gasteiger partial charge in [-0.2, -0.15) is 0 Å². The highest BCUT2D eigenvalue weighted by Crippen LogP contribution is 2.44. The van der Waals surface area contributed by atoms with Crippen LogP contribution in [0.2, 0.25) is 0 Å². The van der Waals surface area contributed by atoms with Crippen LogP contribution in [0, 0.1) is 0 Å². The fourth-order valence-electron chi connectivity index (χ4n) is 11.0. The number of nitrogens with zero attached hydrogens (tertiary/aromatic N) is 2. The lowest BCUT2D eigenvalue weighted by Gasteiger charge is -2.27. The molecule has 0 aliphatic heterocycles. The Kier molecular flexibility index (Phi) is 9.25. The molecule has 1 aromatic heterocycles. The van der Waals surface area contributed by atoms with Crippen molar-refractivity contribution >= 4 is 77.3 Å². The molecule has 2 heteroatoms. The van der Waals surface area contributed by atoms with E-state index in [1.165, 1.54) is 104 Å². The lowest BCUT2D eigenvalue weighted by Crippen LogP contribution is -2.10. The van der Waals surface area contributed by atoms with Crippen LogP contribution in [0.15, 0.2) is 237 Å². The number of allylic oxidation sites excluding steroid dienone is 1. The smallest absolute Gasteiger partial charge is 0.0541 e. The first-order valence-corrected chi connectivity index (χ1v) is 23.5. The maximum Gasteiger partial charge on any atom is 0.0541 e. The van der Waals surface area contributed by atoms with E-state index in [1.807, 2.05) is 0 Å². The molecule has 1 heterocycles. The molecular formula is C65H46N2. The maximum atomic E-state index is 2.40. The number of benzene rings is 11. The lowest BCUT2D eigenvalue weighted by atomic mass is 9.80. The molecular weight excluding hydrogens is 809 g/mol. The predicted octanol–water partition coefficient (Wildman–Crippen LogP) is 18.2. The summed E-state index contributed by atoms with van der Waals surface area (Å²) >= 11 is 0. The van der Waals surface area contributed by atoms with Gasteiger partial charge in [-0.25, -0.2) is 0 Å². The predicted molar refractivity (Wildman–Crippen MR) is 286 cm³/mol. The Morgan fingerprint density at radius 3 is 1.60 bits per heavy atom. The van der Waals surface area contributed by atoms with E-state index < -0.39 is 0 Å². The number of aromatic nitrogens is 1. The third-order valence-corrected chi connectivity index (χ3v) is 14.2. The minimum Gasteiger partial charge on any atom is -0.311 e. The van der Waals surface area contributed by atoms with Crippen molar-refractivity contribution in [2.75, 3.05) is 4.90 Å². The second kappa shape index (κ2) is 15.9. The fourth-order valence-corrected chi connectivity index (χ4v) is 11.0. The summed E-state index contributed by atoms with van der Waals surface area (Å²) < 4.78 is 2.38. The molecule has 12 aromatic rings. The van der Waals surface area contributed by atoms with Gasteiger partial charge in [-0.3, -0.25) is 0 Å². The zero-order valence-corrected chi connectivity index (χ0v) is 37.3. The van der Waals surface area contributed by atoms with Crippen LogP contribution in [0.3, 0.4) is 0 Å². The fraction of sp³-hybridized carbons (Fsp3) is 0.0462. The Balaban J connectivity index is 0.915. The molecule has 11 aromatic carbocycles. The van der Waals surface area contributed by atoms with Crippen LogP contribution in [-0.4, -0.2) is 4.57 Å². The Labute approximate surface area is 390 Å². The molecule has 0 saturated heterocycles. The van der Waals surface area contributed by atoms with Gasteiger partial charge in [0.25, 0.3) is 0 Å². The van der Waals surface area contributed by atoms with Gasteiger partial charge in [0.05, 0.1) is 11.0 Å². The highest BCUT2D eigenvalue weighted by molar-refractivity contribution is 6.14. The van der Waals surface area contributed by atoms with E-state index in [0.29, 0.717) is 5.92 Å². The Morgan fingerprint density at radius 2 is 0.896 bits per heavy atom. The van der Waals surface area contributed by atoms with Crippen LogP contribution in [0.25, 0.3) is 99.3 Å². The number of fused-ring (bicyclic) bond motifs is 9. The monoisotopic (exact) mass is 854 g/mol. The molecule has 1 aliphatic carbocycles. The Morgan fingerprint density at radius 1 is 0.388 bits per heavy atom. The van der Waals surface area contributed by atoms with Gasteiger partial charge in [-0.05, 0) is 168 Å². The first kappa shape index (κ1) is 39.0. The third-order valence-electron chi connectivity index (χ3n) is 14.2. The zero-order chi connectivity index (χ0) is 44.4. The number of hydrogen-bond acceptors (Lipinski definition) is 1. The second-order valence-corrected chi connectivity index (χ2v) is 18.1. The van der Waals surface area contributed by atoms with E-state index in [0.717, 1.165) is 23.5 Å². The lowest BCUT2D eigenvalue weighted by molar-refractivity contribution is 0.775. The molecule has 0 bridgehead atoms. The van der Waals surface area contributed by atoms with Crippen molar-refractivity contribution in [1.29, 1.82) is 0 Å². The highest BCUT2D eigenvalue weighted by Gasteiger charge is 2.22. The van der Waals surface area contributed by atoms with Crippen LogP contribution < -0.4 is 4.90 Å². The average molecular weight is 855 g/mol. The number of para-hydroxylation sites is 2. The highest BCUT2D eigenvalue weighted by atomic mass is 15.1. The minimum atomic E-state index is 0.441. The van der Waals surface area contributed by atoms with Crippen molar-refractivity contribution < 1.29 is 0 Å². The van der Waals surface area contributed by atoms with E-state index in [-0.39, 0.29) is 0 Å². The molecule has 0 spiro atoms. The molecule has 0 fully saturated rings. The van der Waals surface area contributed by atoms with Crippen molar-refractivity contribution in [3.8, 4) is 39.1 Å². The summed E-state index contributed by atoms with van der Waals surface area (Å²) in [5, 5.41) is 10.2. The van der Waals surface area contributed by atoms with Gasteiger partial charge in [0, 0.05) is 33.5 Å². The Bertz CT molecular complexity index is 3880. The van der Waals surface area contributed by atoms with Gasteiger partial charge in [0.2, 0.25) is 0 Å². The molecule has 0 saturated carbocycles. The van der Waals surface area contributed by atoms with Crippen molar-refractivity contribution in [2.24, 2.45) is 0 Å². The van der Waals surface area contributed by atoms with E-state index >= 15 is 0 Å². The first-order chi connectivity index (χ1) is 33.1. The normalized spacial score (nSPS) is 13.5. The van der Waals surface area contributed by atoms with Gasteiger partial charge >= 0.3 is 0 Å². The molecule has 0 amide bonds. The topological polar surface area (TPSA) is 8.17 Å². The van der Waals surface area contributed by atoms with E-state index in [4.69, 9.17) is 0 Å². The summed E-state index contributed by atoms with van der Waals surface area (Å²) in [5.41, 5.74) is 17.1. The standard InChI is InChI=1S/C65H46N2/c1-43-14-13-24-59-55-20-8-6-16-49(55)42-61(65(43)59)46-30-37-53(38-31-46)66(52-35-28-45(29-36-52)60-41-48-15-5-7-19-54(48)56-21-9-10-22-57(56)60)51-33-26-44(27-34-51)47-32-39-64-62(40-47)58-23-11-12-25-63(58)67(64)50-17-3-2-4-18-50/h2-13,15-43H,14H2,1H3. The van der Waals surface area contributed by atoms with Crippen LogP contribution in [0.4, 0.5) is 17.1 Å². The number of anilines is 3. The molecule has 1 atom stereocenters. The second-order valence-electron chi connectivity index (χ2n) is 18.1. The van der Waals surface area contributed by atoms with Crippen LogP contribution in [0.5, 0.6) is 0 Å². The molecule has 1 aliphatic rings. The summed E-state index contributed by atoms with van der Waals surface area (Å²) in [4.78, 5) is 2.40. The van der Waals surface area contributed by atoms with E-state index in [9.17, 15) is 0 Å². The third kappa shape index (κ3) is 6.56. The SMILES string of the molecule is CC1CC=Cc2c1c(-c1ccc(N(c3ccc(-c4ccc5c(c4)c4ccccc4n5-c4ccccc4)cc3)c3ccc(-c4cc5ccccc5c5ccccc45)cc3)cc1)cc1ccccc21. The van der Waals surface area contributed by atoms with Crippen LogP contribution in [-0.2, 0) is 0 Å². The van der Waals surface area contributed by atoms with Gasteiger partial charge in [0.15, 0.2) is 0 Å². The summed E-state index contributed by atoms with van der Waals surface area (Å²) in [6, 6.07) is 84.9. The summed E-state index contributed by atoms with van der Waals surface area (Å²) in [7, 11) is 0. The van der Waals surface area contributed by atoms with Gasteiger partial charge in [-0.1, -0.05) is 171 Å². The molecule has 1 unspecified atom stereocenters. The van der Waals surface area contributed by atoms with Crippen molar-refractivity contribution in [2.45, 2.75) is 19.3 Å². The zero-order valence-electron chi connectivity index (χ0n) is 37.3. The van der Waals surface area contributed by atoms with E-state index in [2.05, 4.69) is 259 Å². The molecule has 13 rings (SSSR count). The minimum absolute atomic E-state index is 0.441. The van der Waals surface area contributed by atoms with Crippen LogP contribution in [0.1, 0.15) is 30.4 Å². The summed E-state index contributed by atoms with van der Waals surface area (Å²) in [6.45, 7) is 2.37. The molecule has 0 radical (unpaired) electrons.